The molecule has 0 spiro atoms. The van der Waals surface area contributed by atoms with Crippen molar-refractivity contribution in [2.45, 2.75) is 32.6 Å². The van der Waals surface area contributed by atoms with Crippen molar-refractivity contribution in [2.24, 2.45) is 0 Å². The number of terminal acetylenes is 1. The van der Waals surface area contributed by atoms with E-state index in [4.69, 9.17) is 11.2 Å². The highest BCUT2D eigenvalue weighted by molar-refractivity contribution is 5.87. The summed E-state index contributed by atoms with van der Waals surface area (Å²) in [5.74, 6) is 3.47. The van der Waals surface area contributed by atoms with Crippen LogP contribution in [-0.4, -0.2) is 6.61 Å². The van der Waals surface area contributed by atoms with Gasteiger partial charge in [0, 0.05) is 5.56 Å². The van der Waals surface area contributed by atoms with Crippen molar-refractivity contribution in [3.05, 3.63) is 42.0 Å². The van der Waals surface area contributed by atoms with E-state index < -0.39 is 0 Å². The predicted molar refractivity (Wildman–Crippen MR) is 81.5 cm³/mol. The van der Waals surface area contributed by atoms with Crippen molar-refractivity contribution in [1.82, 2.24) is 0 Å². The van der Waals surface area contributed by atoms with Gasteiger partial charge in [-0.3, -0.25) is 0 Å². The summed E-state index contributed by atoms with van der Waals surface area (Å²) in [6.45, 7) is 2.55. The Balaban J connectivity index is 2.36. The molecule has 0 unspecified atom stereocenters. The first kappa shape index (κ1) is 13.5. The first-order valence-corrected chi connectivity index (χ1v) is 6.93. The molecule has 0 aliphatic heterocycles. The fourth-order valence-corrected chi connectivity index (χ4v) is 2.38. The van der Waals surface area contributed by atoms with Crippen LogP contribution in [0.5, 0.6) is 5.75 Å². The summed E-state index contributed by atoms with van der Waals surface area (Å²) >= 11 is 0. The van der Waals surface area contributed by atoms with E-state index in [1.54, 1.807) is 0 Å². The van der Waals surface area contributed by atoms with E-state index in [1.807, 2.05) is 6.07 Å². The minimum atomic E-state index is 0.332. The number of fused-ring (bicyclic) bond motifs is 1. The number of unbranched alkanes of at least 4 members (excludes halogenated alkanes) is 2. The van der Waals surface area contributed by atoms with E-state index in [-0.39, 0.29) is 0 Å². The Labute approximate surface area is 115 Å². The Bertz CT molecular complexity index is 578. The topological polar surface area (TPSA) is 9.23 Å². The zero-order chi connectivity index (χ0) is 13.5. The van der Waals surface area contributed by atoms with Crippen LogP contribution in [0, 0.1) is 12.3 Å². The third-order valence-electron chi connectivity index (χ3n) is 3.34. The second-order valence-corrected chi connectivity index (χ2v) is 4.71. The Morgan fingerprint density at radius 1 is 1.11 bits per heavy atom. The van der Waals surface area contributed by atoms with Crippen LogP contribution < -0.4 is 4.74 Å². The van der Waals surface area contributed by atoms with Crippen molar-refractivity contribution < 1.29 is 4.74 Å². The minimum absolute atomic E-state index is 0.332. The summed E-state index contributed by atoms with van der Waals surface area (Å²) in [7, 11) is 0. The van der Waals surface area contributed by atoms with E-state index in [0.29, 0.717) is 6.61 Å². The highest BCUT2D eigenvalue weighted by atomic mass is 16.5. The van der Waals surface area contributed by atoms with Gasteiger partial charge in [0.25, 0.3) is 0 Å². The zero-order valence-electron chi connectivity index (χ0n) is 11.5. The van der Waals surface area contributed by atoms with Crippen LogP contribution in [-0.2, 0) is 6.42 Å². The van der Waals surface area contributed by atoms with Gasteiger partial charge in [0.05, 0.1) is 0 Å². The Morgan fingerprint density at radius 2 is 1.95 bits per heavy atom. The van der Waals surface area contributed by atoms with Gasteiger partial charge >= 0.3 is 0 Å². The second kappa shape index (κ2) is 6.85. The average Bonchev–Trinajstić information content (AvgIpc) is 2.46. The maximum Gasteiger partial charge on any atom is 0.148 e. The molecule has 0 fully saturated rings. The molecule has 0 radical (unpaired) electrons. The van der Waals surface area contributed by atoms with Gasteiger partial charge in [-0.1, -0.05) is 56.0 Å². The van der Waals surface area contributed by atoms with Gasteiger partial charge in [0.1, 0.15) is 12.4 Å². The fraction of sp³-hybridized carbons (Fsp3) is 0.333. The van der Waals surface area contributed by atoms with Gasteiger partial charge in [-0.05, 0) is 29.7 Å². The third kappa shape index (κ3) is 3.29. The van der Waals surface area contributed by atoms with E-state index >= 15 is 0 Å². The first-order chi connectivity index (χ1) is 9.36. The number of benzene rings is 2. The van der Waals surface area contributed by atoms with Crippen molar-refractivity contribution >= 4 is 10.8 Å². The van der Waals surface area contributed by atoms with Gasteiger partial charge in [-0.25, -0.2) is 0 Å². The van der Waals surface area contributed by atoms with E-state index in [2.05, 4.69) is 43.2 Å². The summed E-state index contributed by atoms with van der Waals surface area (Å²) in [5.41, 5.74) is 1.29. The lowest BCUT2D eigenvalue weighted by molar-refractivity contribution is 0.366. The summed E-state index contributed by atoms with van der Waals surface area (Å²) < 4.78 is 5.69. The molecule has 0 aromatic heterocycles. The summed E-state index contributed by atoms with van der Waals surface area (Å²) in [4.78, 5) is 0. The highest BCUT2D eigenvalue weighted by Crippen LogP contribution is 2.29. The van der Waals surface area contributed by atoms with Gasteiger partial charge in [0.2, 0.25) is 0 Å². The quantitative estimate of drug-likeness (QED) is 0.540. The van der Waals surface area contributed by atoms with Gasteiger partial charge in [-0.2, -0.15) is 0 Å². The number of hydrogen-bond donors (Lipinski definition) is 0. The Morgan fingerprint density at radius 3 is 2.74 bits per heavy atom. The fourth-order valence-electron chi connectivity index (χ4n) is 2.38. The number of aryl methyl sites for hydroxylation is 1. The molecule has 0 aliphatic rings. The average molecular weight is 252 g/mol. The molecule has 0 saturated carbocycles. The van der Waals surface area contributed by atoms with E-state index in [9.17, 15) is 0 Å². The lowest BCUT2D eigenvalue weighted by atomic mass is 9.98. The van der Waals surface area contributed by atoms with Gasteiger partial charge in [0.15, 0.2) is 0 Å². The first-order valence-electron chi connectivity index (χ1n) is 6.93. The molecule has 98 valence electrons. The molecule has 0 saturated heterocycles. The van der Waals surface area contributed by atoms with Crippen LogP contribution >= 0.6 is 0 Å². The maximum absolute atomic E-state index is 5.69. The molecule has 0 atom stereocenters. The number of hydrogen-bond acceptors (Lipinski definition) is 1. The largest absolute Gasteiger partial charge is 0.481 e. The molecular weight excluding hydrogens is 232 g/mol. The molecule has 0 aliphatic carbocycles. The van der Waals surface area contributed by atoms with Crippen LogP contribution in [0.15, 0.2) is 36.4 Å². The monoisotopic (exact) mass is 252 g/mol. The molecule has 2 rings (SSSR count). The molecule has 0 amide bonds. The molecule has 0 bridgehead atoms. The van der Waals surface area contributed by atoms with Crippen LogP contribution in [0.2, 0.25) is 0 Å². The highest BCUT2D eigenvalue weighted by Gasteiger charge is 2.08. The summed E-state index contributed by atoms with van der Waals surface area (Å²) in [6, 6.07) is 12.6. The Hall–Kier alpha value is -1.94. The molecule has 0 heterocycles. The molecule has 1 heteroatoms. The third-order valence-corrected chi connectivity index (χ3v) is 3.34. The summed E-state index contributed by atoms with van der Waals surface area (Å²) in [6.07, 6.45) is 10.0. The molecule has 1 nitrogen and oxygen atoms in total. The van der Waals surface area contributed by atoms with Crippen LogP contribution in [0.4, 0.5) is 0 Å². The lowest BCUT2D eigenvalue weighted by Gasteiger charge is -2.13. The van der Waals surface area contributed by atoms with Crippen molar-refractivity contribution in [1.29, 1.82) is 0 Å². The zero-order valence-corrected chi connectivity index (χ0v) is 11.5. The Kier molecular flexibility index (Phi) is 4.86. The van der Waals surface area contributed by atoms with Gasteiger partial charge < -0.3 is 4.74 Å². The molecule has 2 aromatic carbocycles. The van der Waals surface area contributed by atoms with E-state index in [0.717, 1.165) is 12.2 Å². The molecule has 2 aromatic rings. The SMILES string of the molecule is C#CCOc1ccc2ccccc2c1CCCCC. The normalized spacial score (nSPS) is 10.3. The smallest absolute Gasteiger partial charge is 0.148 e. The molecular formula is C18H20O. The maximum atomic E-state index is 5.69. The molecule has 19 heavy (non-hydrogen) atoms. The molecule has 0 N–H and O–H groups in total. The summed E-state index contributed by atoms with van der Waals surface area (Å²) in [5, 5.41) is 2.55. The predicted octanol–water partition coefficient (Wildman–Crippen LogP) is 4.58. The van der Waals surface area contributed by atoms with Crippen LogP contribution in [0.3, 0.4) is 0 Å². The van der Waals surface area contributed by atoms with E-state index in [1.165, 1.54) is 35.6 Å². The van der Waals surface area contributed by atoms with Crippen molar-refractivity contribution in [3.8, 4) is 18.1 Å². The van der Waals surface area contributed by atoms with Crippen LogP contribution in [0.25, 0.3) is 10.8 Å². The number of ether oxygens (including phenoxy) is 1. The second-order valence-electron chi connectivity index (χ2n) is 4.71. The number of rotatable bonds is 6. The standard InChI is InChI=1S/C18H20O/c1-3-5-6-11-17-16-10-8-7-9-15(16)12-13-18(17)19-14-4-2/h2,7-10,12-13H,3,5-6,11,14H2,1H3. The lowest BCUT2D eigenvalue weighted by Crippen LogP contribution is -1.99. The van der Waals surface area contributed by atoms with Gasteiger partial charge in [-0.15, -0.1) is 6.42 Å². The van der Waals surface area contributed by atoms with Crippen molar-refractivity contribution in [3.63, 3.8) is 0 Å². The minimum Gasteiger partial charge on any atom is -0.481 e. The van der Waals surface area contributed by atoms with Crippen LogP contribution in [0.1, 0.15) is 31.7 Å². The van der Waals surface area contributed by atoms with Crippen molar-refractivity contribution in [2.75, 3.05) is 6.61 Å².